The molecule has 0 aliphatic heterocycles. The number of hydrogen-bond donors (Lipinski definition) is 3. The molecular formula is C39H57ClO5. The van der Waals surface area contributed by atoms with Crippen LogP contribution < -0.4 is 0 Å². The van der Waals surface area contributed by atoms with Gasteiger partial charge in [0.15, 0.2) is 0 Å². The lowest BCUT2D eigenvalue weighted by atomic mass is 9.55. The van der Waals surface area contributed by atoms with Gasteiger partial charge in [-0.3, -0.25) is 4.79 Å². The highest BCUT2D eigenvalue weighted by Crippen LogP contribution is 2.54. The Morgan fingerprint density at radius 1 is 0.644 bits per heavy atom. The van der Waals surface area contributed by atoms with Gasteiger partial charge in [-0.1, -0.05) is 84.0 Å². The number of halogens is 1. The molecule has 5 rings (SSSR count). The second-order valence-electron chi connectivity index (χ2n) is 15.1. The van der Waals surface area contributed by atoms with Gasteiger partial charge >= 0.3 is 0 Å². The van der Waals surface area contributed by atoms with E-state index in [9.17, 15) is 15.0 Å². The number of aryl methyl sites for hydroxylation is 3. The highest BCUT2D eigenvalue weighted by molar-refractivity contribution is 5.85. The van der Waals surface area contributed by atoms with Gasteiger partial charge in [0.25, 0.3) is 0 Å². The zero-order chi connectivity index (χ0) is 32.2. The summed E-state index contributed by atoms with van der Waals surface area (Å²) in [6, 6.07) is 19.4. The van der Waals surface area contributed by atoms with Crippen molar-refractivity contribution in [2.75, 3.05) is 0 Å². The molecule has 3 aromatic rings. The van der Waals surface area contributed by atoms with Gasteiger partial charge in [0.05, 0.1) is 0 Å². The number of hydrogen-bond acceptors (Lipinski definition) is 4. The number of phenolic OH excluding ortho intramolecular Hbond substituents is 3. The molecule has 0 heterocycles. The Hall–Kier alpha value is -3.02. The minimum atomic E-state index is -0.0852. The van der Waals surface area contributed by atoms with Crippen molar-refractivity contribution in [2.45, 2.75) is 106 Å². The normalized spacial score (nSPS) is 21.0. The maximum Gasteiger partial charge on any atom is 0.133 e. The predicted octanol–water partition coefficient (Wildman–Crippen LogP) is 9.55. The van der Waals surface area contributed by atoms with Crippen molar-refractivity contribution in [1.82, 2.24) is 0 Å². The summed E-state index contributed by atoms with van der Waals surface area (Å²) < 4.78 is 0. The van der Waals surface area contributed by atoms with E-state index < -0.39 is 0 Å². The maximum atomic E-state index is 11.1. The number of carbonyl (C=O) groups is 1. The minimum absolute atomic E-state index is 0. The fourth-order valence-corrected chi connectivity index (χ4v) is 7.73. The van der Waals surface area contributed by atoms with Crippen molar-refractivity contribution in [3.8, 4) is 17.2 Å². The molecule has 0 bridgehead atoms. The van der Waals surface area contributed by atoms with Crippen LogP contribution in [0.25, 0.3) is 0 Å². The molecule has 2 aliphatic carbocycles. The third-order valence-corrected chi connectivity index (χ3v) is 9.15. The summed E-state index contributed by atoms with van der Waals surface area (Å²) in [4.78, 5) is 11.1. The number of aromatic hydroxyl groups is 3. The smallest absolute Gasteiger partial charge is 0.133 e. The number of rotatable bonds is 2. The van der Waals surface area contributed by atoms with E-state index in [1.807, 2.05) is 51.1 Å². The number of phenols is 3. The molecule has 0 aromatic heterocycles. The van der Waals surface area contributed by atoms with E-state index in [4.69, 9.17) is 5.11 Å². The number of benzene rings is 3. The van der Waals surface area contributed by atoms with Gasteiger partial charge in [-0.2, -0.15) is 0 Å². The Bertz CT molecular complexity index is 1340. The second-order valence-corrected chi connectivity index (χ2v) is 15.1. The molecule has 0 amide bonds. The third kappa shape index (κ3) is 10.8. The summed E-state index contributed by atoms with van der Waals surface area (Å²) >= 11 is 0. The van der Waals surface area contributed by atoms with E-state index in [-0.39, 0.29) is 34.1 Å². The minimum Gasteiger partial charge on any atom is -0.508 e. The van der Waals surface area contributed by atoms with E-state index in [0.717, 1.165) is 42.4 Å². The Labute approximate surface area is 277 Å². The molecule has 0 spiro atoms. The second kappa shape index (κ2) is 16.0. The van der Waals surface area contributed by atoms with Gasteiger partial charge in [-0.25, -0.2) is 0 Å². The van der Waals surface area contributed by atoms with E-state index in [1.165, 1.54) is 24.0 Å². The lowest BCUT2D eigenvalue weighted by Gasteiger charge is -2.49. The van der Waals surface area contributed by atoms with Gasteiger partial charge in [-0.05, 0) is 115 Å². The fourth-order valence-electron chi connectivity index (χ4n) is 7.73. The van der Waals surface area contributed by atoms with Gasteiger partial charge < -0.3 is 20.8 Å². The molecule has 2 saturated carbocycles. The van der Waals surface area contributed by atoms with Gasteiger partial charge in [0, 0.05) is 18.3 Å². The fraction of sp³-hybridized carbons (Fsp3) is 0.513. The van der Waals surface area contributed by atoms with Crippen molar-refractivity contribution in [1.29, 1.82) is 0 Å². The average Bonchev–Trinajstić information content (AvgIpc) is 2.87. The molecule has 45 heavy (non-hydrogen) atoms. The summed E-state index contributed by atoms with van der Waals surface area (Å²) in [7, 11) is 0. The van der Waals surface area contributed by atoms with Crippen LogP contribution in [0, 0.1) is 43.4 Å². The molecule has 6 heteroatoms. The van der Waals surface area contributed by atoms with Crippen molar-refractivity contribution in [3.63, 3.8) is 0 Å². The van der Waals surface area contributed by atoms with Crippen LogP contribution in [0.3, 0.4) is 0 Å². The van der Waals surface area contributed by atoms with Crippen molar-refractivity contribution in [2.24, 2.45) is 22.7 Å². The highest BCUT2D eigenvalue weighted by atomic mass is 35.5. The molecule has 2 aliphatic rings. The van der Waals surface area contributed by atoms with Crippen LogP contribution in [0.2, 0.25) is 0 Å². The SMILES string of the molecule is CC1CC(=O)CC(C)(C)C1.Cc1cc(C2(c3ccc(O)c(C)c3)CC(C)CC(C)(C)C2)ccc1O.Cc1ccccc1O.Cl.O. The van der Waals surface area contributed by atoms with Crippen LogP contribution in [-0.4, -0.2) is 26.6 Å². The van der Waals surface area contributed by atoms with Crippen LogP contribution in [0.15, 0.2) is 60.7 Å². The number of Topliss-reactive ketones (excluding diaryl/α,β-unsaturated/α-hetero) is 1. The first-order chi connectivity index (χ1) is 19.9. The van der Waals surface area contributed by atoms with Gasteiger partial charge in [0.1, 0.15) is 23.0 Å². The molecule has 250 valence electrons. The summed E-state index contributed by atoms with van der Waals surface area (Å²) in [6.45, 7) is 19.4. The number of ketones is 1. The summed E-state index contributed by atoms with van der Waals surface area (Å²) in [5, 5.41) is 28.9. The standard InChI is InChI=1S/C23H30O2.C9H16O.C7H8O.ClH.H2O/c1-15-12-22(4,5)14-23(13-15,18-6-8-20(24)16(2)10-18)19-7-9-21(25)17(3)11-19;1-7-4-8(10)6-9(2,3)5-7;1-6-4-2-3-5-7(6)8;;/h6-11,15,24-25H,12-14H2,1-5H3;7H,4-6H2,1-3H3;2-5,8H,1H3;1H;1H2. The predicted molar refractivity (Wildman–Crippen MR) is 189 cm³/mol. The zero-order valence-electron chi connectivity index (χ0n) is 28.8. The first kappa shape index (κ1) is 40.0. The van der Waals surface area contributed by atoms with Crippen molar-refractivity contribution in [3.05, 3.63) is 88.5 Å². The van der Waals surface area contributed by atoms with E-state index in [1.54, 1.807) is 6.07 Å². The van der Waals surface area contributed by atoms with Crippen LogP contribution in [0.1, 0.15) is 108 Å². The molecular weight excluding hydrogens is 584 g/mol. The molecule has 5 N–H and O–H groups in total. The van der Waals surface area contributed by atoms with E-state index in [0.29, 0.717) is 34.9 Å². The summed E-state index contributed by atoms with van der Waals surface area (Å²) in [5.74, 6) is 2.74. The Kier molecular flexibility index (Phi) is 14.2. The molecule has 5 nitrogen and oxygen atoms in total. The molecule has 3 aromatic carbocycles. The Morgan fingerprint density at radius 3 is 1.49 bits per heavy atom. The molecule has 2 atom stereocenters. The summed E-state index contributed by atoms with van der Waals surface area (Å²) in [6.07, 6.45) is 6.19. The summed E-state index contributed by atoms with van der Waals surface area (Å²) in [5.41, 5.74) is 5.74. The Balaban J connectivity index is 0.000000417. The first-order valence-corrected chi connectivity index (χ1v) is 15.8. The van der Waals surface area contributed by atoms with Crippen LogP contribution in [-0.2, 0) is 10.2 Å². The Morgan fingerprint density at radius 2 is 1.11 bits per heavy atom. The topological polar surface area (TPSA) is 109 Å². The first-order valence-electron chi connectivity index (χ1n) is 15.8. The third-order valence-electron chi connectivity index (χ3n) is 9.15. The average molecular weight is 641 g/mol. The van der Waals surface area contributed by atoms with E-state index >= 15 is 0 Å². The van der Waals surface area contributed by atoms with Gasteiger partial charge in [-0.15, -0.1) is 12.4 Å². The van der Waals surface area contributed by atoms with Crippen LogP contribution in [0.5, 0.6) is 17.2 Å². The quantitative estimate of drug-likeness (QED) is 0.259. The number of carbonyl (C=O) groups excluding carboxylic acids is 1. The zero-order valence-corrected chi connectivity index (χ0v) is 29.6. The largest absolute Gasteiger partial charge is 0.508 e. The van der Waals surface area contributed by atoms with Crippen LogP contribution >= 0.6 is 12.4 Å². The maximum absolute atomic E-state index is 11.1. The van der Waals surface area contributed by atoms with Gasteiger partial charge in [0.2, 0.25) is 0 Å². The monoisotopic (exact) mass is 640 g/mol. The number of para-hydroxylation sites is 1. The molecule has 0 saturated heterocycles. The molecule has 2 fully saturated rings. The van der Waals surface area contributed by atoms with Crippen molar-refractivity contribution >= 4 is 18.2 Å². The molecule has 0 radical (unpaired) electrons. The van der Waals surface area contributed by atoms with E-state index in [2.05, 4.69) is 65.8 Å². The molecule has 2 unspecified atom stereocenters. The highest BCUT2D eigenvalue weighted by Gasteiger charge is 2.45. The van der Waals surface area contributed by atoms with Crippen LogP contribution in [0.4, 0.5) is 0 Å². The lowest BCUT2D eigenvalue weighted by Crippen LogP contribution is -2.41. The lowest BCUT2D eigenvalue weighted by molar-refractivity contribution is -0.124. The van der Waals surface area contributed by atoms with Crippen molar-refractivity contribution < 1.29 is 25.6 Å².